The number of unbranched alkanes of at least 4 members (excludes halogenated alkanes) is 5. The Morgan fingerprint density at radius 1 is 0.583 bits per heavy atom. The molecule has 0 saturated heterocycles. The number of aliphatic hydroxyl groups is 2. The first-order valence-electron chi connectivity index (χ1n) is 10.2. The van der Waals surface area contributed by atoms with Crippen LogP contribution < -0.4 is 0 Å². The van der Waals surface area contributed by atoms with Crippen molar-refractivity contribution < 1.29 is 80.8 Å². The highest BCUT2D eigenvalue weighted by atomic mass is 19.4. The zero-order chi connectivity index (χ0) is 29.0. The molecule has 0 bridgehead atoms. The SMILES string of the molecule is CCCCCCCCO[C@H](CO)[C@@H](O)C(F)(F)C(F)(F)C(F)(F)C(F)(F)C(F)(F)C(F)(F)C(F)(F)F. The first kappa shape index (κ1) is 34.8. The monoisotopic (exact) mass is 572 g/mol. The van der Waals surface area contributed by atoms with E-state index in [1.54, 1.807) is 0 Å². The number of rotatable bonds is 16. The molecular weight excluding hydrogens is 549 g/mol. The van der Waals surface area contributed by atoms with Crippen LogP contribution in [0.3, 0.4) is 0 Å². The lowest BCUT2D eigenvalue weighted by Crippen LogP contribution is -2.74. The molecule has 0 aliphatic rings. The molecule has 36 heavy (non-hydrogen) atoms. The minimum absolute atomic E-state index is 0.0120. The van der Waals surface area contributed by atoms with E-state index in [1.807, 2.05) is 6.92 Å². The lowest BCUT2D eigenvalue weighted by Gasteiger charge is -2.43. The highest BCUT2D eigenvalue weighted by Crippen LogP contribution is 2.62. The molecule has 0 aromatic heterocycles. The van der Waals surface area contributed by atoms with E-state index in [0.29, 0.717) is 19.3 Å². The van der Waals surface area contributed by atoms with E-state index in [-0.39, 0.29) is 6.42 Å². The van der Waals surface area contributed by atoms with Crippen molar-refractivity contribution in [3.05, 3.63) is 0 Å². The quantitative estimate of drug-likeness (QED) is 0.165. The summed E-state index contributed by atoms with van der Waals surface area (Å²) in [5, 5.41) is 18.3. The maximum atomic E-state index is 14.0. The van der Waals surface area contributed by atoms with Gasteiger partial charge in [-0.2, -0.15) is 65.9 Å². The molecular formula is C18H23F15O3. The highest BCUT2D eigenvalue weighted by Gasteiger charge is 2.93. The summed E-state index contributed by atoms with van der Waals surface area (Å²) in [5.41, 5.74) is 0. The van der Waals surface area contributed by atoms with Gasteiger partial charge in [0.05, 0.1) is 6.61 Å². The molecule has 0 aliphatic carbocycles. The Hall–Kier alpha value is -1.17. The van der Waals surface area contributed by atoms with Crippen molar-refractivity contribution in [2.24, 2.45) is 0 Å². The highest BCUT2D eigenvalue weighted by molar-refractivity contribution is 5.14. The van der Waals surface area contributed by atoms with Crippen molar-refractivity contribution in [2.75, 3.05) is 13.2 Å². The lowest BCUT2D eigenvalue weighted by molar-refractivity contribution is -0.456. The minimum atomic E-state index is -8.44. The summed E-state index contributed by atoms with van der Waals surface area (Å²) >= 11 is 0. The fourth-order valence-corrected chi connectivity index (χ4v) is 2.76. The van der Waals surface area contributed by atoms with Gasteiger partial charge in [0.25, 0.3) is 0 Å². The normalized spacial score (nSPS) is 16.8. The first-order chi connectivity index (χ1) is 15.9. The van der Waals surface area contributed by atoms with Crippen molar-refractivity contribution in [1.82, 2.24) is 0 Å². The summed E-state index contributed by atoms with van der Waals surface area (Å²) in [7, 11) is 0. The third kappa shape index (κ3) is 6.10. The minimum Gasteiger partial charge on any atom is -0.394 e. The van der Waals surface area contributed by atoms with E-state index < -0.39 is 67.1 Å². The van der Waals surface area contributed by atoms with Gasteiger partial charge in [-0.1, -0.05) is 39.0 Å². The Morgan fingerprint density at radius 2 is 0.972 bits per heavy atom. The van der Waals surface area contributed by atoms with Gasteiger partial charge in [-0.15, -0.1) is 0 Å². The van der Waals surface area contributed by atoms with E-state index in [2.05, 4.69) is 4.74 Å². The molecule has 218 valence electrons. The van der Waals surface area contributed by atoms with Crippen molar-refractivity contribution in [1.29, 1.82) is 0 Å². The van der Waals surface area contributed by atoms with Crippen LogP contribution >= 0.6 is 0 Å². The van der Waals surface area contributed by atoms with E-state index in [1.165, 1.54) is 0 Å². The van der Waals surface area contributed by atoms with Crippen LogP contribution in [0.15, 0.2) is 0 Å². The molecule has 0 fully saturated rings. The smallest absolute Gasteiger partial charge is 0.394 e. The second-order valence-electron chi connectivity index (χ2n) is 7.80. The summed E-state index contributed by atoms with van der Waals surface area (Å²) in [6, 6.07) is 0. The zero-order valence-electron chi connectivity index (χ0n) is 18.3. The molecule has 0 aromatic rings. The Bertz CT molecular complexity index is 679. The maximum absolute atomic E-state index is 14.0. The summed E-state index contributed by atoms with van der Waals surface area (Å²) in [5.74, 6) is -48.0. The molecule has 0 amide bonds. The molecule has 18 heteroatoms. The predicted octanol–water partition coefficient (Wildman–Crippen LogP) is 6.46. The summed E-state index contributed by atoms with van der Waals surface area (Å²) < 4.78 is 203. The summed E-state index contributed by atoms with van der Waals surface area (Å²) in [6.45, 7) is -0.625. The molecule has 0 saturated carbocycles. The van der Waals surface area contributed by atoms with E-state index in [4.69, 9.17) is 5.11 Å². The van der Waals surface area contributed by atoms with E-state index in [0.717, 1.165) is 12.8 Å². The van der Waals surface area contributed by atoms with Crippen LogP contribution in [0.4, 0.5) is 65.9 Å². The van der Waals surface area contributed by atoms with Gasteiger partial charge in [0.15, 0.2) is 6.10 Å². The van der Waals surface area contributed by atoms with Gasteiger partial charge in [-0.25, -0.2) is 0 Å². The number of hydrogen-bond donors (Lipinski definition) is 2. The van der Waals surface area contributed by atoms with E-state index >= 15 is 0 Å². The van der Waals surface area contributed by atoms with Crippen molar-refractivity contribution in [3.8, 4) is 0 Å². The molecule has 0 radical (unpaired) electrons. The summed E-state index contributed by atoms with van der Waals surface area (Å²) in [4.78, 5) is 0. The van der Waals surface area contributed by atoms with Crippen molar-refractivity contribution in [3.63, 3.8) is 0 Å². The van der Waals surface area contributed by atoms with Crippen molar-refractivity contribution >= 4 is 0 Å². The molecule has 3 nitrogen and oxygen atoms in total. The number of aliphatic hydroxyl groups excluding tert-OH is 2. The molecule has 0 aromatic carbocycles. The second-order valence-corrected chi connectivity index (χ2v) is 7.80. The molecule has 0 unspecified atom stereocenters. The average Bonchev–Trinajstić information content (AvgIpc) is 2.73. The van der Waals surface area contributed by atoms with Gasteiger partial charge in [0, 0.05) is 6.61 Å². The fraction of sp³-hybridized carbons (Fsp3) is 1.00. The first-order valence-corrected chi connectivity index (χ1v) is 10.2. The van der Waals surface area contributed by atoms with Gasteiger partial charge < -0.3 is 14.9 Å². The van der Waals surface area contributed by atoms with E-state index in [9.17, 15) is 71.0 Å². The molecule has 0 aliphatic heterocycles. The van der Waals surface area contributed by atoms with Crippen molar-refractivity contribution in [2.45, 2.75) is 99.4 Å². The zero-order valence-corrected chi connectivity index (χ0v) is 18.3. The molecule has 0 rings (SSSR count). The molecule has 2 atom stereocenters. The average molecular weight is 572 g/mol. The molecule has 2 N–H and O–H groups in total. The topological polar surface area (TPSA) is 49.7 Å². The Balaban J connectivity index is 5.95. The van der Waals surface area contributed by atoms with Crippen LogP contribution in [0.2, 0.25) is 0 Å². The molecule has 0 spiro atoms. The number of alkyl halides is 15. The lowest BCUT2D eigenvalue weighted by atomic mass is 9.88. The fourth-order valence-electron chi connectivity index (χ4n) is 2.76. The van der Waals surface area contributed by atoms with Crippen LogP contribution in [0.25, 0.3) is 0 Å². The number of hydrogen-bond acceptors (Lipinski definition) is 3. The van der Waals surface area contributed by atoms with Gasteiger partial charge in [0.1, 0.15) is 6.10 Å². The van der Waals surface area contributed by atoms with Gasteiger partial charge >= 0.3 is 41.7 Å². The second kappa shape index (κ2) is 11.7. The Morgan fingerprint density at radius 3 is 1.39 bits per heavy atom. The van der Waals surface area contributed by atoms with Crippen LogP contribution in [-0.4, -0.2) is 77.3 Å². The third-order valence-electron chi connectivity index (χ3n) is 5.09. The Kier molecular flexibility index (Phi) is 11.3. The van der Waals surface area contributed by atoms with Crippen LogP contribution in [0.5, 0.6) is 0 Å². The number of halogens is 15. The largest absolute Gasteiger partial charge is 0.460 e. The van der Waals surface area contributed by atoms with Gasteiger partial charge in [-0.3, -0.25) is 0 Å². The van der Waals surface area contributed by atoms with Crippen LogP contribution in [0.1, 0.15) is 45.4 Å². The standard InChI is InChI=1S/C18H23F15O3/c1-2-3-4-5-6-7-8-36-10(9-34)11(35)12(19,20)13(21,22)14(23,24)15(25,26)16(27,28)17(29,30)18(31,32)33/h10-11,34-35H,2-9H2,1H3/t10-,11-/m1/s1. The number of ether oxygens (including phenoxy) is 1. The van der Waals surface area contributed by atoms with Crippen LogP contribution in [-0.2, 0) is 4.74 Å². The molecule has 0 heterocycles. The van der Waals surface area contributed by atoms with Crippen LogP contribution in [0, 0.1) is 0 Å². The third-order valence-corrected chi connectivity index (χ3v) is 5.09. The maximum Gasteiger partial charge on any atom is 0.460 e. The summed E-state index contributed by atoms with van der Waals surface area (Å²) in [6.07, 6.45) is -11.7. The van der Waals surface area contributed by atoms with Gasteiger partial charge in [-0.05, 0) is 6.42 Å². The van der Waals surface area contributed by atoms with Gasteiger partial charge in [0.2, 0.25) is 0 Å². The predicted molar refractivity (Wildman–Crippen MR) is 91.9 cm³/mol. The Labute approximate surface area is 194 Å².